The lowest BCUT2D eigenvalue weighted by Crippen LogP contribution is -2.36. The molecule has 0 radical (unpaired) electrons. The third kappa shape index (κ3) is 3.81. The summed E-state index contributed by atoms with van der Waals surface area (Å²) in [4.78, 5) is 19.4. The fourth-order valence-electron chi connectivity index (χ4n) is 1.84. The zero-order valence-corrected chi connectivity index (χ0v) is 11.9. The average molecular weight is 275 g/mol. The van der Waals surface area contributed by atoms with Gasteiger partial charge in [0.1, 0.15) is 5.82 Å². The number of imidazole rings is 1. The Morgan fingerprint density at radius 2 is 2.15 bits per heavy atom. The fourth-order valence-corrected chi connectivity index (χ4v) is 1.84. The maximum absolute atomic E-state index is 11.8. The molecule has 0 saturated heterocycles. The number of fused-ring (bicyclic) bond motifs is 1. The molecule has 1 heterocycles. The van der Waals surface area contributed by atoms with Crippen molar-refractivity contribution < 1.29 is 9.90 Å². The topological polar surface area (TPSA) is 78.0 Å². The molecule has 108 valence electrons. The second-order valence-electron chi connectivity index (χ2n) is 5.80. The highest BCUT2D eigenvalue weighted by Crippen LogP contribution is 2.12. The van der Waals surface area contributed by atoms with Crippen LogP contribution in [0, 0.1) is 5.41 Å². The Bertz CT molecular complexity index is 557. The first-order chi connectivity index (χ1) is 9.50. The van der Waals surface area contributed by atoms with Crippen LogP contribution in [-0.4, -0.2) is 34.1 Å². The molecule has 1 aromatic heterocycles. The Hall–Kier alpha value is -1.88. The van der Waals surface area contributed by atoms with E-state index < -0.39 is 0 Å². The van der Waals surface area contributed by atoms with Crippen molar-refractivity contribution in [3.8, 4) is 0 Å². The van der Waals surface area contributed by atoms with Crippen molar-refractivity contribution in [2.75, 3.05) is 13.2 Å². The number of hydrogen-bond acceptors (Lipinski definition) is 3. The molecule has 20 heavy (non-hydrogen) atoms. The van der Waals surface area contributed by atoms with Gasteiger partial charge >= 0.3 is 0 Å². The highest BCUT2D eigenvalue weighted by atomic mass is 16.3. The molecule has 2 aromatic rings. The summed E-state index contributed by atoms with van der Waals surface area (Å²) in [5.74, 6) is 0.801. The molecule has 5 nitrogen and oxygen atoms in total. The molecule has 3 N–H and O–H groups in total. The van der Waals surface area contributed by atoms with E-state index in [9.17, 15) is 4.79 Å². The normalized spacial score (nSPS) is 11.8. The number of hydrogen-bond donors (Lipinski definition) is 3. The smallest absolute Gasteiger partial charge is 0.220 e. The van der Waals surface area contributed by atoms with Crippen LogP contribution in [0.15, 0.2) is 24.3 Å². The summed E-state index contributed by atoms with van der Waals surface area (Å²) < 4.78 is 0. The number of benzene rings is 1. The molecule has 0 spiro atoms. The van der Waals surface area contributed by atoms with Crippen molar-refractivity contribution in [1.29, 1.82) is 0 Å². The summed E-state index contributed by atoms with van der Waals surface area (Å²) in [6, 6.07) is 7.81. The van der Waals surface area contributed by atoms with Gasteiger partial charge in [-0.1, -0.05) is 26.0 Å². The van der Waals surface area contributed by atoms with E-state index in [0.717, 1.165) is 16.9 Å². The molecule has 0 aliphatic carbocycles. The summed E-state index contributed by atoms with van der Waals surface area (Å²) in [6.45, 7) is 4.35. The first-order valence-electron chi connectivity index (χ1n) is 6.81. The van der Waals surface area contributed by atoms with E-state index >= 15 is 0 Å². The van der Waals surface area contributed by atoms with Crippen LogP contribution in [0.25, 0.3) is 11.0 Å². The average Bonchev–Trinajstić information content (AvgIpc) is 2.86. The zero-order chi connectivity index (χ0) is 14.6. The van der Waals surface area contributed by atoms with Crippen molar-refractivity contribution in [2.45, 2.75) is 26.7 Å². The molecular formula is C15H21N3O2. The van der Waals surface area contributed by atoms with Crippen LogP contribution in [0.5, 0.6) is 0 Å². The number of aliphatic hydroxyl groups excluding tert-OH is 1. The Labute approximate surface area is 118 Å². The van der Waals surface area contributed by atoms with E-state index in [0.29, 0.717) is 19.4 Å². The lowest BCUT2D eigenvalue weighted by molar-refractivity contribution is -0.121. The van der Waals surface area contributed by atoms with Crippen molar-refractivity contribution in [3.63, 3.8) is 0 Å². The SMILES string of the molecule is CC(C)(CO)CNC(=O)CCc1nc2ccccc2[nH]1. The van der Waals surface area contributed by atoms with Crippen LogP contribution in [0.1, 0.15) is 26.1 Å². The number of rotatable bonds is 6. The lowest BCUT2D eigenvalue weighted by atomic mass is 9.95. The molecule has 2 rings (SSSR count). The molecule has 0 atom stereocenters. The van der Waals surface area contributed by atoms with Crippen LogP contribution in [0.2, 0.25) is 0 Å². The Kier molecular flexibility index (Phi) is 4.39. The number of nitrogens with zero attached hydrogens (tertiary/aromatic N) is 1. The lowest BCUT2D eigenvalue weighted by Gasteiger charge is -2.21. The first-order valence-corrected chi connectivity index (χ1v) is 6.81. The van der Waals surface area contributed by atoms with E-state index in [4.69, 9.17) is 5.11 Å². The van der Waals surface area contributed by atoms with Crippen LogP contribution in [0.4, 0.5) is 0 Å². The van der Waals surface area contributed by atoms with Gasteiger partial charge in [-0.25, -0.2) is 4.98 Å². The summed E-state index contributed by atoms with van der Waals surface area (Å²) in [6.07, 6.45) is 0.974. The molecule has 1 aromatic carbocycles. The van der Waals surface area contributed by atoms with Gasteiger partial charge in [0.15, 0.2) is 0 Å². The predicted molar refractivity (Wildman–Crippen MR) is 78.3 cm³/mol. The van der Waals surface area contributed by atoms with Gasteiger partial charge in [0.2, 0.25) is 5.91 Å². The quantitative estimate of drug-likeness (QED) is 0.750. The highest BCUT2D eigenvalue weighted by Gasteiger charge is 2.17. The fraction of sp³-hybridized carbons (Fsp3) is 0.467. The van der Waals surface area contributed by atoms with Gasteiger partial charge in [0.05, 0.1) is 11.0 Å². The maximum Gasteiger partial charge on any atom is 0.220 e. The predicted octanol–water partition coefficient (Wildman–Crippen LogP) is 1.63. The summed E-state index contributed by atoms with van der Waals surface area (Å²) in [7, 11) is 0. The number of aryl methyl sites for hydroxylation is 1. The van der Waals surface area contributed by atoms with E-state index in [1.807, 2.05) is 38.1 Å². The van der Waals surface area contributed by atoms with Crippen molar-refractivity contribution >= 4 is 16.9 Å². The highest BCUT2D eigenvalue weighted by molar-refractivity contribution is 5.77. The van der Waals surface area contributed by atoms with E-state index in [1.165, 1.54) is 0 Å². The van der Waals surface area contributed by atoms with Gasteiger partial charge in [-0.2, -0.15) is 0 Å². The number of aromatic amines is 1. The van der Waals surface area contributed by atoms with Crippen molar-refractivity contribution in [2.24, 2.45) is 5.41 Å². The van der Waals surface area contributed by atoms with Gasteiger partial charge in [-0.05, 0) is 12.1 Å². The molecule has 0 aliphatic heterocycles. The minimum absolute atomic E-state index is 0.0213. The number of carbonyl (C=O) groups excluding carboxylic acids is 1. The summed E-state index contributed by atoms with van der Waals surface area (Å²) >= 11 is 0. The molecular weight excluding hydrogens is 254 g/mol. The van der Waals surface area contributed by atoms with Crippen molar-refractivity contribution in [1.82, 2.24) is 15.3 Å². The number of para-hydroxylation sites is 2. The van der Waals surface area contributed by atoms with Crippen molar-refractivity contribution in [3.05, 3.63) is 30.1 Å². The Morgan fingerprint density at radius 1 is 1.40 bits per heavy atom. The minimum Gasteiger partial charge on any atom is -0.396 e. The Morgan fingerprint density at radius 3 is 2.85 bits per heavy atom. The zero-order valence-electron chi connectivity index (χ0n) is 11.9. The van der Waals surface area contributed by atoms with E-state index in [2.05, 4.69) is 15.3 Å². The number of H-pyrrole nitrogens is 1. The summed E-state index contributed by atoms with van der Waals surface area (Å²) in [5.41, 5.74) is 1.63. The van der Waals surface area contributed by atoms with Gasteiger partial charge in [-0.15, -0.1) is 0 Å². The third-order valence-corrected chi connectivity index (χ3v) is 3.22. The largest absolute Gasteiger partial charge is 0.396 e. The van der Waals surface area contributed by atoms with Crippen LogP contribution in [-0.2, 0) is 11.2 Å². The number of aromatic nitrogens is 2. The second kappa shape index (κ2) is 6.05. The van der Waals surface area contributed by atoms with Gasteiger partial charge in [0.25, 0.3) is 0 Å². The molecule has 5 heteroatoms. The standard InChI is InChI=1S/C15H21N3O2/c1-15(2,10-19)9-16-14(20)8-7-13-17-11-5-3-4-6-12(11)18-13/h3-6,19H,7-10H2,1-2H3,(H,16,20)(H,17,18). The molecule has 1 amide bonds. The van der Waals surface area contributed by atoms with E-state index in [-0.39, 0.29) is 17.9 Å². The van der Waals surface area contributed by atoms with E-state index in [1.54, 1.807) is 0 Å². The monoisotopic (exact) mass is 275 g/mol. The van der Waals surface area contributed by atoms with Crippen LogP contribution in [0.3, 0.4) is 0 Å². The molecule has 0 unspecified atom stereocenters. The van der Waals surface area contributed by atoms with Gasteiger partial charge in [0, 0.05) is 31.4 Å². The second-order valence-corrected chi connectivity index (χ2v) is 5.80. The van der Waals surface area contributed by atoms with Gasteiger partial charge < -0.3 is 15.4 Å². The van der Waals surface area contributed by atoms with Crippen LogP contribution >= 0.6 is 0 Å². The number of nitrogens with one attached hydrogen (secondary N) is 2. The molecule has 0 bridgehead atoms. The molecule has 0 saturated carbocycles. The third-order valence-electron chi connectivity index (χ3n) is 3.22. The number of carbonyl (C=O) groups is 1. The molecule has 0 fully saturated rings. The minimum atomic E-state index is -0.283. The number of amides is 1. The van der Waals surface area contributed by atoms with Gasteiger partial charge in [-0.3, -0.25) is 4.79 Å². The Balaban J connectivity index is 1.84. The maximum atomic E-state index is 11.8. The first kappa shape index (κ1) is 14.5. The number of aliphatic hydroxyl groups is 1. The van der Waals surface area contributed by atoms with Crippen LogP contribution < -0.4 is 5.32 Å². The molecule has 0 aliphatic rings. The summed E-state index contributed by atoms with van der Waals surface area (Å²) in [5, 5.41) is 12.0.